The molecule has 3 heteroatoms. The molecular weight excluding hydrogens is 212 g/mol. The Morgan fingerprint density at radius 3 is 2.76 bits per heavy atom. The molecule has 94 valence electrons. The van der Waals surface area contributed by atoms with Crippen LogP contribution in [0.2, 0.25) is 0 Å². The number of pyridine rings is 1. The summed E-state index contributed by atoms with van der Waals surface area (Å²) in [5.74, 6) is 0.0600. The summed E-state index contributed by atoms with van der Waals surface area (Å²) in [6.45, 7) is 6.21. The first-order valence-electron chi connectivity index (χ1n) is 6.25. The van der Waals surface area contributed by atoms with E-state index in [4.69, 9.17) is 0 Å². The van der Waals surface area contributed by atoms with Crippen LogP contribution in [0.1, 0.15) is 49.0 Å². The molecule has 17 heavy (non-hydrogen) atoms. The number of nitrogens with zero attached hydrogens (tertiary/aromatic N) is 2. The van der Waals surface area contributed by atoms with Gasteiger partial charge in [-0.3, -0.25) is 9.78 Å². The number of hydrogen-bond acceptors (Lipinski definition) is 2. The van der Waals surface area contributed by atoms with Crippen LogP contribution in [0.3, 0.4) is 0 Å². The number of hydrogen-bond donors (Lipinski definition) is 0. The van der Waals surface area contributed by atoms with Crippen LogP contribution >= 0.6 is 0 Å². The Morgan fingerprint density at radius 1 is 1.47 bits per heavy atom. The monoisotopic (exact) mass is 234 g/mol. The summed E-state index contributed by atoms with van der Waals surface area (Å²) < 4.78 is 0. The van der Waals surface area contributed by atoms with E-state index in [1.165, 1.54) is 6.42 Å². The Kier molecular flexibility index (Phi) is 5.13. The van der Waals surface area contributed by atoms with Crippen LogP contribution in [0.25, 0.3) is 0 Å². The fourth-order valence-corrected chi connectivity index (χ4v) is 1.77. The summed E-state index contributed by atoms with van der Waals surface area (Å²) in [6.07, 6.45) is 6.77. The summed E-state index contributed by atoms with van der Waals surface area (Å²) in [7, 11) is 1.87. The van der Waals surface area contributed by atoms with E-state index in [0.717, 1.165) is 18.4 Å². The molecule has 0 N–H and O–H groups in total. The van der Waals surface area contributed by atoms with E-state index in [0.29, 0.717) is 5.56 Å². The average molecular weight is 234 g/mol. The van der Waals surface area contributed by atoms with Crippen molar-refractivity contribution in [1.29, 1.82) is 0 Å². The molecule has 1 aromatic rings. The largest absolute Gasteiger partial charge is 0.339 e. The number of carbonyl (C=O) groups is 1. The highest BCUT2D eigenvalue weighted by molar-refractivity contribution is 5.94. The van der Waals surface area contributed by atoms with Crippen molar-refractivity contribution in [3.63, 3.8) is 0 Å². The normalized spacial score (nSPS) is 12.2. The molecule has 0 aliphatic carbocycles. The van der Waals surface area contributed by atoms with E-state index in [-0.39, 0.29) is 11.9 Å². The van der Waals surface area contributed by atoms with Gasteiger partial charge < -0.3 is 4.90 Å². The second kappa shape index (κ2) is 6.38. The van der Waals surface area contributed by atoms with E-state index in [1.807, 2.05) is 24.9 Å². The molecule has 1 amide bonds. The quantitative estimate of drug-likeness (QED) is 0.784. The van der Waals surface area contributed by atoms with Crippen LogP contribution in [0, 0.1) is 6.92 Å². The van der Waals surface area contributed by atoms with E-state index in [9.17, 15) is 4.79 Å². The number of aromatic nitrogens is 1. The molecule has 0 aromatic carbocycles. The highest BCUT2D eigenvalue weighted by Gasteiger charge is 2.17. The summed E-state index contributed by atoms with van der Waals surface area (Å²) in [5.41, 5.74) is 1.70. The second-order valence-corrected chi connectivity index (χ2v) is 4.66. The minimum atomic E-state index is 0.0600. The first-order chi connectivity index (χ1) is 8.06. The van der Waals surface area contributed by atoms with Crippen LogP contribution in [0.4, 0.5) is 0 Å². The standard InChI is InChI=1S/C14H22N2O/c1-5-6-7-12(3)16(4)14(17)13-8-11(2)9-15-10-13/h8-10,12H,5-7H2,1-4H3. The fraction of sp³-hybridized carbons (Fsp3) is 0.571. The molecule has 3 nitrogen and oxygen atoms in total. The predicted octanol–water partition coefficient (Wildman–Crippen LogP) is 3.04. The van der Waals surface area contributed by atoms with Crippen LogP contribution < -0.4 is 0 Å². The molecule has 1 aromatic heterocycles. The molecule has 1 unspecified atom stereocenters. The van der Waals surface area contributed by atoms with Crippen LogP contribution in [0.5, 0.6) is 0 Å². The van der Waals surface area contributed by atoms with E-state index in [2.05, 4.69) is 18.8 Å². The van der Waals surface area contributed by atoms with Crippen LogP contribution in [-0.4, -0.2) is 28.9 Å². The molecule has 0 bridgehead atoms. The van der Waals surface area contributed by atoms with Crippen molar-refractivity contribution in [3.05, 3.63) is 29.6 Å². The molecule has 0 saturated heterocycles. The number of aryl methyl sites for hydroxylation is 1. The summed E-state index contributed by atoms with van der Waals surface area (Å²) in [4.78, 5) is 18.1. The molecule has 1 heterocycles. The van der Waals surface area contributed by atoms with Crippen molar-refractivity contribution in [1.82, 2.24) is 9.88 Å². The molecule has 0 radical (unpaired) electrons. The van der Waals surface area contributed by atoms with Crippen LogP contribution in [-0.2, 0) is 0 Å². The topological polar surface area (TPSA) is 33.2 Å². The zero-order valence-electron chi connectivity index (χ0n) is 11.2. The lowest BCUT2D eigenvalue weighted by Gasteiger charge is -2.25. The smallest absolute Gasteiger partial charge is 0.255 e. The van der Waals surface area contributed by atoms with Gasteiger partial charge in [-0.05, 0) is 31.9 Å². The van der Waals surface area contributed by atoms with E-state index in [1.54, 1.807) is 12.4 Å². The molecule has 0 saturated carbocycles. The van der Waals surface area contributed by atoms with E-state index < -0.39 is 0 Å². The molecule has 0 spiro atoms. The first-order valence-corrected chi connectivity index (χ1v) is 6.25. The van der Waals surface area contributed by atoms with Crippen molar-refractivity contribution in [3.8, 4) is 0 Å². The Balaban J connectivity index is 2.69. The number of amides is 1. The third-order valence-electron chi connectivity index (χ3n) is 3.08. The number of unbranched alkanes of at least 4 members (excludes halogenated alkanes) is 1. The molecule has 0 aliphatic rings. The first kappa shape index (κ1) is 13.7. The maximum absolute atomic E-state index is 12.2. The van der Waals surface area contributed by atoms with Gasteiger partial charge in [-0.2, -0.15) is 0 Å². The van der Waals surface area contributed by atoms with Gasteiger partial charge in [0.25, 0.3) is 5.91 Å². The van der Waals surface area contributed by atoms with Crippen molar-refractivity contribution in [2.45, 2.75) is 46.1 Å². The van der Waals surface area contributed by atoms with Gasteiger partial charge in [0.2, 0.25) is 0 Å². The lowest BCUT2D eigenvalue weighted by molar-refractivity contribution is 0.0735. The van der Waals surface area contributed by atoms with Gasteiger partial charge in [-0.1, -0.05) is 19.8 Å². The molecule has 0 aliphatic heterocycles. The van der Waals surface area contributed by atoms with Crippen molar-refractivity contribution in [2.24, 2.45) is 0 Å². The SMILES string of the molecule is CCCCC(C)N(C)C(=O)c1cncc(C)c1. The van der Waals surface area contributed by atoms with Gasteiger partial charge in [0.15, 0.2) is 0 Å². The Labute approximate surface area is 104 Å². The fourth-order valence-electron chi connectivity index (χ4n) is 1.77. The Morgan fingerprint density at radius 2 is 2.18 bits per heavy atom. The Bertz CT molecular complexity index is 376. The molecule has 0 fully saturated rings. The highest BCUT2D eigenvalue weighted by Crippen LogP contribution is 2.11. The summed E-state index contributed by atoms with van der Waals surface area (Å²) in [5, 5.41) is 0. The lowest BCUT2D eigenvalue weighted by Crippen LogP contribution is -2.35. The minimum absolute atomic E-state index is 0.0600. The maximum atomic E-state index is 12.2. The van der Waals surface area contributed by atoms with Crippen molar-refractivity contribution >= 4 is 5.91 Å². The van der Waals surface area contributed by atoms with E-state index >= 15 is 0 Å². The number of carbonyl (C=O) groups excluding carboxylic acids is 1. The van der Waals surface area contributed by atoms with Gasteiger partial charge in [-0.15, -0.1) is 0 Å². The van der Waals surface area contributed by atoms with Crippen molar-refractivity contribution in [2.75, 3.05) is 7.05 Å². The van der Waals surface area contributed by atoms with Gasteiger partial charge in [0.05, 0.1) is 5.56 Å². The predicted molar refractivity (Wildman–Crippen MR) is 70.1 cm³/mol. The average Bonchev–Trinajstić information content (AvgIpc) is 2.34. The lowest BCUT2D eigenvalue weighted by atomic mass is 10.1. The highest BCUT2D eigenvalue weighted by atomic mass is 16.2. The molecule has 1 atom stereocenters. The second-order valence-electron chi connectivity index (χ2n) is 4.66. The maximum Gasteiger partial charge on any atom is 0.255 e. The Hall–Kier alpha value is -1.38. The van der Waals surface area contributed by atoms with Crippen molar-refractivity contribution < 1.29 is 4.79 Å². The van der Waals surface area contributed by atoms with Gasteiger partial charge in [-0.25, -0.2) is 0 Å². The van der Waals surface area contributed by atoms with Gasteiger partial charge >= 0.3 is 0 Å². The van der Waals surface area contributed by atoms with Gasteiger partial charge in [0, 0.05) is 25.5 Å². The molecule has 1 rings (SSSR count). The third kappa shape index (κ3) is 3.84. The molecular formula is C14H22N2O. The zero-order chi connectivity index (χ0) is 12.8. The zero-order valence-corrected chi connectivity index (χ0v) is 11.2. The number of rotatable bonds is 5. The third-order valence-corrected chi connectivity index (χ3v) is 3.08. The summed E-state index contributed by atoms with van der Waals surface area (Å²) in [6, 6.07) is 2.17. The summed E-state index contributed by atoms with van der Waals surface area (Å²) >= 11 is 0. The minimum Gasteiger partial charge on any atom is -0.339 e. The van der Waals surface area contributed by atoms with Gasteiger partial charge in [0.1, 0.15) is 0 Å². The van der Waals surface area contributed by atoms with Crippen LogP contribution in [0.15, 0.2) is 18.5 Å².